The highest BCUT2D eigenvalue weighted by Crippen LogP contribution is 2.57. The van der Waals surface area contributed by atoms with Crippen LogP contribution < -0.4 is 0 Å². The number of thiazole rings is 1. The van der Waals surface area contributed by atoms with Crippen LogP contribution in [-0.4, -0.2) is 33.5 Å². The highest BCUT2D eigenvalue weighted by molar-refractivity contribution is 7.16. The van der Waals surface area contributed by atoms with Gasteiger partial charge in [-0.3, -0.25) is 4.79 Å². The molecule has 0 spiro atoms. The van der Waals surface area contributed by atoms with Gasteiger partial charge in [-0.1, -0.05) is 32.9 Å². The van der Waals surface area contributed by atoms with Gasteiger partial charge in [-0.05, 0) is 53.6 Å². The molecule has 1 aliphatic heterocycles. The summed E-state index contributed by atoms with van der Waals surface area (Å²) in [5, 5.41) is 10.5. The first-order valence-electron chi connectivity index (χ1n) is 9.78. The number of hydrogen-bond donors (Lipinski definition) is 1. The minimum Gasteiger partial charge on any atom is -0.508 e. The molecule has 0 unspecified atom stereocenters. The predicted molar refractivity (Wildman–Crippen MR) is 112 cm³/mol. The molecule has 0 saturated carbocycles. The number of piperidine rings is 1. The number of aromatic nitrogens is 1. The van der Waals surface area contributed by atoms with Crippen molar-refractivity contribution in [2.45, 2.75) is 45.1 Å². The van der Waals surface area contributed by atoms with E-state index < -0.39 is 0 Å². The normalized spacial score (nSPS) is 25.5. The lowest BCUT2D eigenvalue weighted by molar-refractivity contribution is -0.0266. The molecule has 1 amide bonds. The van der Waals surface area contributed by atoms with Gasteiger partial charge < -0.3 is 10.0 Å². The topological polar surface area (TPSA) is 53.4 Å². The molecule has 1 N–H and O–H groups in total. The molecule has 1 saturated heterocycles. The molecular formula is C23H24N2O2S. The summed E-state index contributed by atoms with van der Waals surface area (Å²) in [5.74, 6) is 0.413. The van der Waals surface area contributed by atoms with Crippen LogP contribution in [0.1, 0.15) is 48.7 Å². The quantitative estimate of drug-likeness (QED) is 0.650. The Balaban J connectivity index is 1.58. The molecule has 1 aliphatic carbocycles. The van der Waals surface area contributed by atoms with Crippen molar-refractivity contribution in [1.82, 2.24) is 9.88 Å². The third-order valence-electron chi connectivity index (χ3n) is 7.47. The summed E-state index contributed by atoms with van der Waals surface area (Å²) < 4.78 is 1.10. The number of phenols is 1. The number of amides is 1. The van der Waals surface area contributed by atoms with Crippen LogP contribution >= 0.6 is 11.3 Å². The lowest BCUT2D eigenvalue weighted by atomic mass is 9.51. The van der Waals surface area contributed by atoms with Crippen molar-refractivity contribution < 1.29 is 9.90 Å². The second kappa shape index (κ2) is 5.80. The van der Waals surface area contributed by atoms with E-state index in [4.69, 9.17) is 0 Å². The summed E-state index contributed by atoms with van der Waals surface area (Å²) in [6.07, 6.45) is 1.58. The number of aromatic hydroxyl groups is 1. The first-order chi connectivity index (χ1) is 13.3. The second-order valence-corrected chi connectivity index (χ2v) is 9.75. The molecule has 5 rings (SSSR count). The van der Waals surface area contributed by atoms with E-state index in [1.54, 1.807) is 17.4 Å². The molecule has 28 heavy (non-hydrogen) atoms. The molecule has 1 fully saturated rings. The number of nitrogens with zero attached hydrogens (tertiary/aromatic N) is 2. The number of phenolic OH excluding ortho intramolecular Hbond substituents is 1. The molecule has 0 radical (unpaired) electrons. The van der Waals surface area contributed by atoms with E-state index in [1.807, 2.05) is 34.7 Å². The predicted octanol–water partition coefficient (Wildman–Crippen LogP) is 4.76. The van der Waals surface area contributed by atoms with E-state index in [0.29, 0.717) is 17.7 Å². The van der Waals surface area contributed by atoms with Gasteiger partial charge in [-0.2, -0.15) is 0 Å². The monoisotopic (exact) mass is 392 g/mol. The number of fused-ring (bicyclic) bond motifs is 5. The zero-order valence-electron chi connectivity index (χ0n) is 16.4. The number of likely N-dealkylation sites (tertiary alicyclic amines) is 1. The van der Waals surface area contributed by atoms with Crippen molar-refractivity contribution in [2.24, 2.45) is 5.41 Å². The Morgan fingerprint density at radius 3 is 2.89 bits per heavy atom. The minimum absolute atomic E-state index is 0.0469. The molecular weight excluding hydrogens is 368 g/mol. The van der Waals surface area contributed by atoms with Crippen molar-refractivity contribution in [3.05, 3.63) is 58.6 Å². The van der Waals surface area contributed by atoms with E-state index in [-0.39, 0.29) is 22.8 Å². The lowest BCUT2D eigenvalue weighted by Gasteiger charge is -2.60. The molecule has 2 bridgehead atoms. The molecule has 2 atom stereocenters. The maximum atomic E-state index is 13.5. The summed E-state index contributed by atoms with van der Waals surface area (Å²) in [6, 6.07) is 11.7. The van der Waals surface area contributed by atoms with Gasteiger partial charge in [0, 0.05) is 23.6 Å². The van der Waals surface area contributed by atoms with Gasteiger partial charge in [0.2, 0.25) is 0 Å². The average molecular weight is 393 g/mol. The average Bonchev–Trinajstić information content (AvgIpc) is 3.12. The summed E-state index contributed by atoms with van der Waals surface area (Å²) >= 11 is 1.59. The second-order valence-electron chi connectivity index (χ2n) is 8.86. The van der Waals surface area contributed by atoms with Gasteiger partial charge in [-0.25, -0.2) is 4.98 Å². The fourth-order valence-electron chi connectivity index (χ4n) is 5.33. The van der Waals surface area contributed by atoms with Gasteiger partial charge in [0.25, 0.3) is 5.91 Å². The highest BCUT2D eigenvalue weighted by atomic mass is 32.1. The smallest absolute Gasteiger partial charge is 0.254 e. The molecule has 4 nitrogen and oxygen atoms in total. The van der Waals surface area contributed by atoms with E-state index >= 15 is 0 Å². The van der Waals surface area contributed by atoms with Gasteiger partial charge in [0.05, 0.1) is 15.7 Å². The summed E-state index contributed by atoms with van der Waals surface area (Å²) in [7, 11) is 0. The number of carbonyl (C=O) groups is 1. The standard InChI is InChI=1S/C23H24N2O2S/c1-22(2)20-12-15-16(5-4-6-18(15)26)23(22,3)9-10-25(20)21(27)14-7-8-19-17(11-14)24-13-28-19/h4-8,11,13,20,26H,9-10,12H2,1-3H3/t20-,23+/m1/s1. The molecule has 2 heterocycles. The van der Waals surface area contributed by atoms with Gasteiger partial charge in [0.1, 0.15) is 5.75 Å². The molecule has 144 valence electrons. The van der Waals surface area contributed by atoms with Crippen LogP contribution in [0.3, 0.4) is 0 Å². The molecule has 1 aromatic heterocycles. The third kappa shape index (κ3) is 2.23. The van der Waals surface area contributed by atoms with Crippen molar-refractivity contribution in [2.75, 3.05) is 6.54 Å². The maximum absolute atomic E-state index is 13.5. The van der Waals surface area contributed by atoms with Crippen LogP contribution in [0, 0.1) is 5.41 Å². The lowest BCUT2D eigenvalue weighted by Crippen LogP contribution is -2.64. The molecule has 2 aliphatic rings. The fourth-order valence-corrected chi connectivity index (χ4v) is 5.98. The Morgan fingerprint density at radius 1 is 1.25 bits per heavy atom. The zero-order chi connectivity index (χ0) is 19.7. The molecule has 3 aromatic rings. The molecule has 5 heteroatoms. The number of carbonyl (C=O) groups excluding carboxylic acids is 1. The first kappa shape index (κ1) is 17.7. The van der Waals surface area contributed by atoms with E-state index in [0.717, 1.165) is 28.7 Å². The maximum Gasteiger partial charge on any atom is 0.254 e. The van der Waals surface area contributed by atoms with Crippen molar-refractivity contribution >= 4 is 27.5 Å². The summed E-state index contributed by atoms with van der Waals surface area (Å²) in [4.78, 5) is 19.9. The van der Waals surface area contributed by atoms with Crippen LogP contribution in [0.2, 0.25) is 0 Å². The Labute approximate surface area is 168 Å². The van der Waals surface area contributed by atoms with E-state index in [9.17, 15) is 9.90 Å². The number of hydrogen-bond acceptors (Lipinski definition) is 4. The van der Waals surface area contributed by atoms with Crippen LogP contribution in [0.4, 0.5) is 0 Å². The fraction of sp³-hybridized carbons (Fsp3) is 0.391. The largest absolute Gasteiger partial charge is 0.508 e. The number of rotatable bonds is 1. The van der Waals surface area contributed by atoms with Crippen LogP contribution in [0.15, 0.2) is 41.9 Å². The summed E-state index contributed by atoms with van der Waals surface area (Å²) in [6.45, 7) is 7.57. The Kier molecular flexibility index (Phi) is 3.66. The Hall–Kier alpha value is -2.40. The highest BCUT2D eigenvalue weighted by Gasteiger charge is 2.57. The van der Waals surface area contributed by atoms with E-state index in [1.165, 1.54) is 5.56 Å². The number of benzene rings is 2. The van der Waals surface area contributed by atoms with Crippen LogP contribution in [0.25, 0.3) is 10.2 Å². The van der Waals surface area contributed by atoms with Crippen LogP contribution in [-0.2, 0) is 11.8 Å². The molecule has 2 aromatic carbocycles. The zero-order valence-corrected chi connectivity index (χ0v) is 17.2. The Morgan fingerprint density at radius 2 is 2.07 bits per heavy atom. The van der Waals surface area contributed by atoms with Crippen LogP contribution in [0.5, 0.6) is 5.75 Å². The Bertz CT molecular complexity index is 1100. The van der Waals surface area contributed by atoms with E-state index in [2.05, 4.69) is 31.8 Å². The third-order valence-corrected chi connectivity index (χ3v) is 8.28. The van der Waals surface area contributed by atoms with Crippen molar-refractivity contribution in [1.29, 1.82) is 0 Å². The SMILES string of the molecule is CC1(C)[C@H]2Cc3c(O)cccc3[C@]1(C)CCN2C(=O)c1ccc2scnc2c1. The first-order valence-corrected chi connectivity index (χ1v) is 10.7. The van der Waals surface area contributed by atoms with Gasteiger partial charge in [0.15, 0.2) is 0 Å². The minimum atomic E-state index is -0.0908. The van der Waals surface area contributed by atoms with Crippen molar-refractivity contribution in [3.8, 4) is 5.75 Å². The van der Waals surface area contributed by atoms with Gasteiger partial charge >= 0.3 is 0 Å². The van der Waals surface area contributed by atoms with Crippen molar-refractivity contribution in [3.63, 3.8) is 0 Å². The van der Waals surface area contributed by atoms with Gasteiger partial charge in [-0.15, -0.1) is 11.3 Å². The summed E-state index contributed by atoms with van der Waals surface area (Å²) in [5.41, 5.74) is 5.47.